The molecule has 128 valence electrons. The summed E-state index contributed by atoms with van der Waals surface area (Å²) in [5, 5.41) is 3.45. The number of hydrogen-bond donors (Lipinski definition) is 1. The number of hydrogen-bond acceptors (Lipinski definition) is 6. The third kappa shape index (κ3) is 2.79. The van der Waals surface area contributed by atoms with Gasteiger partial charge in [-0.1, -0.05) is 0 Å². The molecular weight excluding hydrogens is 320 g/mol. The van der Waals surface area contributed by atoms with Gasteiger partial charge >= 0.3 is 5.97 Å². The smallest absolute Gasteiger partial charge is 0.342 e. The van der Waals surface area contributed by atoms with Crippen LogP contribution < -0.4 is 5.32 Å². The maximum absolute atomic E-state index is 13.1. The minimum Gasteiger partial charge on any atom is -0.465 e. The minimum atomic E-state index is -3.80. The molecule has 2 saturated heterocycles. The number of rotatable bonds is 3. The number of esters is 1. The van der Waals surface area contributed by atoms with Gasteiger partial charge in [-0.05, 0) is 33.1 Å². The number of ether oxygens (including phenoxy) is 1. The Kier molecular flexibility index (Phi) is 4.24. The third-order valence-corrected chi connectivity index (χ3v) is 6.70. The van der Waals surface area contributed by atoms with E-state index < -0.39 is 16.0 Å². The Morgan fingerprint density at radius 1 is 1.22 bits per heavy atom. The number of fused-ring (bicyclic) bond motifs is 2. The van der Waals surface area contributed by atoms with Gasteiger partial charge in [-0.15, -0.1) is 0 Å². The van der Waals surface area contributed by atoms with E-state index in [4.69, 9.17) is 9.15 Å². The van der Waals surface area contributed by atoms with Crippen LogP contribution in [0.15, 0.2) is 9.31 Å². The number of carbonyl (C=O) groups excluding carboxylic acids is 1. The topological polar surface area (TPSA) is 88.8 Å². The van der Waals surface area contributed by atoms with Crippen molar-refractivity contribution in [3.05, 3.63) is 17.1 Å². The van der Waals surface area contributed by atoms with Gasteiger partial charge in [0.1, 0.15) is 22.0 Å². The molecule has 1 aromatic heterocycles. The molecule has 2 bridgehead atoms. The molecule has 7 nitrogen and oxygen atoms in total. The molecule has 0 amide bonds. The van der Waals surface area contributed by atoms with Gasteiger partial charge in [-0.3, -0.25) is 0 Å². The highest BCUT2D eigenvalue weighted by molar-refractivity contribution is 7.89. The number of methoxy groups -OCH3 is 1. The second kappa shape index (κ2) is 5.92. The lowest BCUT2D eigenvalue weighted by Gasteiger charge is -2.23. The highest BCUT2D eigenvalue weighted by atomic mass is 32.2. The van der Waals surface area contributed by atoms with Crippen molar-refractivity contribution >= 4 is 16.0 Å². The van der Waals surface area contributed by atoms with E-state index in [1.54, 1.807) is 13.8 Å². The van der Waals surface area contributed by atoms with Crippen LogP contribution in [-0.2, 0) is 14.8 Å². The minimum absolute atomic E-state index is 0.00682. The second-order valence-electron chi connectivity index (χ2n) is 6.20. The third-order valence-electron chi connectivity index (χ3n) is 4.68. The van der Waals surface area contributed by atoms with Gasteiger partial charge in [0, 0.05) is 25.2 Å². The van der Waals surface area contributed by atoms with Crippen molar-refractivity contribution in [1.82, 2.24) is 9.62 Å². The summed E-state index contributed by atoms with van der Waals surface area (Å²) in [6.45, 7) is 4.00. The van der Waals surface area contributed by atoms with Gasteiger partial charge in [0.2, 0.25) is 10.0 Å². The summed E-state index contributed by atoms with van der Waals surface area (Å²) in [4.78, 5) is 12.0. The molecule has 2 aliphatic heterocycles. The van der Waals surface area contributed by atoms with Gasteiger partial charge in [-0.25, -0.2) is 13.2 Å². The first-order chi connectivity index (χ1) is 10.8. The van der Waals surface area contributed by atoms with Crippen molar-refractivity contribution in [1.29, 1.82) is 0 Å². The standard InChI is InChI=1S/C15H22N2O5S/c1-9-13(15(18)21-3)14(10(2)22-9)23(19,20)17-7-6-11-4-5-12(8-17)16-11/h11-12,16H,4-8H2,1-3H3. The maximum atomic E-state index is 13.1. The summed E-state index contributed by atoms with van der Waals surface area (Å²) in [5.74, 6) is -0.194. The quantitative estimate of drug-likeness (QED) is 0.830. The van der Waals surface area contributed by atoms with E-state index in [9.17, 15) is 13.2 Å². The molecule has 8 heteroatoms. The highest BCUT2D eigenvalue weighted by Gasteiger charge is 2.39. The van der Waals surface area contributed by atoms with Gasteiger partial charge in [0.15, 0.2) is 0 Å². The summed E-state index contributed by atoms with van der Waals surface area (Å²) in [6, 6.07) is 0.555. The van der Waals surface area contributed by atoms with E-state index in [1.807, 2.05) is 0 Å². The molecule has 2 aliphatic rings. The van der Waals surface area contributed by atoms with Crippen molar-refractivity contribution < 1.29 is 22.4 Å². The number of furan rings is 1. The normalized spacial score (nSPS) is 25.3. The van der Waals surface area contributed by atoms with Crippen molar-refractivity contribution in [2.75, 3.05) is 20.2 Å². The van der Waals surface area contributed by atoms with Gasteiger partial charge in [0.05, 0.1) is 7.11 Å². The van der Waals surface area contributed by atoms with Gasteiger partial charge in [-0.2, -0.15) is 4.31 Å². The first-order valence-electron chi connectivity index (χ1n) is 7.79. The van der Waals surface area contributed by atoms with Gasteiger partial charge < -0.3 is 14.5 Å². The van der Waals surface area contributed by atoms with E-state index >= 15 is 0 Å². The van der Waals surface area contributed by atoms with E-state index in [0.29, 0.717) is 19.1 Å². The first-order valence-corrected chi connectivity index (χ1v) is 9.23. The summed E-state index contributed by atoms with van der Waals surface area (Å²) in [6.07, 6.45) is 2.85. The molecule has 1 N–H and O–H groups in total. The Morgan fingerprint density at radius 2 is 1.91 bits per heavy atom. The molecule has 1 aromatic rings. The molecule has 2 fully saturated rings. The monoisotopic (exact) mass is 342 g/mol. The van der Waals surface area contributed by atoms with Crippen LogP contribution in [-0.4, -0.2) is 51.0 Å². The van der Waals surface area contributed by atoms with E-state index in [0.717, 1.165) is 19.3 Å². The molecule has 0 aromatic carbocycles. The predicted octanol–water partition coefficient (Wildman–Crippen LogP) is 1.20. The molecule has 0 radical (unpaired) electrons. The Labute approximate surface area is 136 Å². The fourth-order valence-electron chi connectivity index (χ4n) is 3.57. The Hall–Kier alpha value is -1.38. The zero-order valence-corrected chi connectivity index (χ0v) is 14.4. The number of carbonyl (C=O) groups is 1. The largest absolute Gasteiger partial charge is 0.465 e. The molecule has 0 spiro atoms. The maximum Gasteiger partial charge on any atom is 0.342 e. The predicted molar refractivity (Wildman–Crippen MR) is 82.8 cm³/mol. The fourth-order valence-corrected chi connectivity index (χ4v) is 5.44. The molecule has 2 atom stereocenters. The van der Waals surface area contributed by atoms with E-state index in [-0.39, 0.29) is 28.0 Å². The lowest BCUT2D eigenvalue weighted by Crippen LogP contribution is -2.39. The van der Waals surface area contributed by atoms with Crippen molar-refractivity contribution in [3.63, 3.8) is 0 Å². The molecule has 0 saturated carbocycles. The van der Waals surface area contributed by atoms with Crippen molar-refractivity contribution in [3.8, 4) is 0 Å². The zero-order valence-electron chi connectivity index (χ0n) is 13.6. The zero-order chi connectivity index (χ0) is 16.8. The molecule has 2 unspecified atom stereocenters. The lowest BCUT2D eigenvalue weighted by molar-refractivity contribution is 0.0594. The molecule has 3 heterocycles. The summed E-state index contributed by atoms with van der Waals surface area (Å²) < 4.78 is 37.9. The van der Waals surface area contributed by atoms with Crippen LogP contribution in [0.4, 0.5) is 0 Å². The molecule has 23 heavy (non-hydrogen) atoms. The number of sulfonamides is 1. The lowest BCUT2D eigenvalue weighted by atomic mass is 10.1. The van der Waals surface area contributed by atoms with Gasteiger partial charge in [0.25, 0.3) is 0 Å². The van der Waals surface area contributed by atoms with Crippen molar-refractivity contribution in [2.24, 2.45) is 0 Å². The molecule has 3 rings (SSSR count). The van der Waals surface area contributed by atoms with Crippen LogP contribution in [0, 0.1) is 13.8 Å². The second-order valence-corrected chi connectivity index (χ2v) is 8.07. The van der Waals surface area contributed by atoms with Crippen LogP contribution in [0.1, 0.15) is 41.1 Å². The van der Waals surface area contributed by atoms with Crippen LogP contribution >= 0.6 is 0 Å². The number of nitrogens with zero attached hydrogens (tertiary/aromatic N) is 1. The van der Waals surface area contributed by atoms with Crippen LogP contribution in [0.3, 0.4) is 0 Å². The molecule has 0 aliphatic carbocycles. The average Bonchev–Trinajstić information content (AvgIpc) is 2.96. The number of aryl methyl sites for hydroxylation is 2. The number of nitrogens with one attached hydrogen (secondary N) is 1. The SMILES string of the molecule is COC(=O)c1c(C)oc(C)c1S(=O)(=O)N1CCC2CCC(C1)N2. The molecular formula is C15H22N2O5S. The van der Waals surface area contributed by atoms with Crippen molar-refractivity contribution in [2.45, 2.75) is 50.1 Å². The van der Waals surface area contributed by atoms with Crippen LogP contribution in [0.5, 0.6) is 0 Å². The van der Waals surface area contributed by atoms with E-state index in [1.165, 1.54) is 11.4 Å². The summed E-state index contributed by atoms with van der Waals surface area (Å²) >= 11 is 0. The Balaban J connectivity index is 2.01. The Bertz CT molecular complexity index is 724. The van der Waals surface area contributed by atoms with Crippen LogP contribution in [0.25, 0.3) is 0 Å². The summed E-state index contributed by atoms with van der Waals surface area (Å²) in [7, 11) is -2.57. The van der Waals surface area contributed by atoms with Crippen LogP contribution in [0.2, 0.25) is 0 Å². The van der Waals surface area contributed by atoms with E-state index in [2.05, 4.69) is 5.32 Å². The Morgan fingerprint density at radius 3 is 2.61 bits per heavy atom. The first kappa shape index (κ1) is 16.5. The highest BCUT2D eigenvalue weighted by Crippen LogP contribution is 2.32. The average molecular weight is 342 g/mol. The fraction of sp³-hybridized carbons (Fsp3) is 0.667. The summed E-state index contributed by atoms with van der Waals surface area (Å²) in [5.41, 5.74) is 0.00682.